The minimum atomic E-state index is -0.188. The second-order valence-corrected chi connectivity index (χ2v) is 5.58. The first-order valence-electron chi connectivity index (χ1n) is 6.46. The van der Waals surface area contributed by atoms with Crippen LogP contribution in [0.15, 0.2) is 36.4 Å². The quantitative estimate of drug-likeness (QED) is 0.784. The molecular formula is C16H16Cl2FN. The summed E-state index contributed by atoms with van der Waals surface area (Å²) in [4.78, 5) is 0. The molecule has 0 heterocycles. The van der Waals surface area contributed by atoms with Crippen molar-refractivity contribution >= 4 is 23.2 Å². The van der Waals surface area contributed by atoms with Gasteiger partial charge in [0.2, 0.25) is 0 Å². The highest BCUT2D eigenvalue weighted by molar-refractivity contribution is 6.35. The summed E-state index contributed by atoms with van der Waals surface area (Å²) in [6.07, 6.45) is 0.858. The van der Waals surface area contributed by atoms with Crippen LogP contribution in [0.3, 0.4) is 0 Å². The van der Waals surface area contributed by atoms with Gasteiger partial charge < -0.3 is 5.32 Å². The number of benzene rings is 2. The van der Waals surface area contributed by atoms with Crippen molar-refractivity contribution in [1.82, 2.24) is 5.32 Å². The minimum Gasteiger partial charge on any atom is -0.312 e. The summed E-state index contributed by atoms with van der Waals surface area (Å²) < 4.78 is 13.0. The Kier molecular flexibility index (Phi) is 5.41. The summed E-state index contributed by atoms with van der Waals surface area (Å²) in [5, 5.41) is 4.64. The molecule has 0 aliphatic rings. The largest absolute Gasteiger partial charge is 0.312 e. The average Bonchev–Trinajstić information content (AvgIpc) is 2.39. The molecule has 0 radical (unpaired) electrons. The van der Waals surface area contributed by atoms with Gasteiger partial charge in [-0.1, -0.05) is 35.3 Å². The summed E-state index contributed by atoms with van der Waals surface area (Å²) in [6.45, 7) is 3.43. The van der Waals surface area contributed by atoms with E-state index in [1.165, 1.54) is 6.07 Å². The highest BCUT2D eigenvalue weighted by Gasteiger charge is 2.02. The molecule has 0 atom stereocenters. The van der Waals surface area contributed by atoms with Crippen LogP contribution in [0.4, 0.5) is 4.39 Å². The molecule has 1 N–H and O–H groups in total. The van der Waals surface area contributed by atoms with E-state index in [2.05, 4.69) is 5.32 Å². The number of nitrogens with one attached hydrogen (secondary N) is 1. The highest BCUT2D eigenvalue weighted by atomic mass is 35.5. The molecule has 106 valence electrons. The van der Waals surface area contributed by atoms with E-state index in [1.54, 1.807) is 12.1 Å². The molecular weight excluding hydrogens is 296 g/mol. The molecule has 0 aliphatic heterocycles. The molecule has 0 aromatic heterocycles. The smallest absolute Gasteiger partial charge is 0.123 e. The Balaban J connectivity index is 1.84. The summed E-state index contributed by atoms with van der Waals surface area (Å²) in [7, 11) is 0. The van der Waals surface area contributed by atoms with Crippen LogP contribution in [0.1, 0.15) is 16.7 Å². The minimum absolute atomic E-state index is 0.188. The van der Waals surface area contributed by atoms with Gasteiger partial charge in [-0.25, -0.2) is 4.39 Å². The Labute approximate surface area is 128 Å². The van der Waals surface area contributed by atoms with Crippen molar-refractivity contribution in [1.29, 1.82) is 0 Å². The van der Waals surface area contributed by atoms with E-state index >= 15 is 0 Å². The maximum atomic E-state index is 13.0. The van der Waals surface area contributed by atoms with E-state index in [9.17, 15) is 4.39 Å². The van der Waals surface area contributed by atoms with Crippen LogP contribution in [0.25, 0.3) is 0 Å². The van der Waals surface area contributed by atoms with Crippen LogP contribution >= 0.6 is 23.2 Å². The SMILES string of the molecule is Cc1cc(F)ccc1CCNCc1ccc(Cl)cc1Cl. The molecule has 0 aliphatic carbocycles. The predicted octanol–water partition coefficient (Wildman–Crippen LogP) is 4.77. The molecule has 4 heteroatoms. The van der Waals surface area contributed by atoms with Gasteiger partial charge in [0.05, 0.1) is 0 Å². The van der Waals surface area contributed by atoms with Gasteiger partial charge in [-0.3, -0.25) is 0 Å². The van der Waals surface area contributed by atoms with Crippen molar-refractivity contribution in [3.63, 3.8) is 0 Å². The van der Waals surface area contributed by atoms with Gasteiger partial charge >= 0.3 is 0 Å². The van der Waals surface area contributed by atoms with Crippen LogP contribution in [-0.2, 0) is 13.0 Å². The maximum Gasteiger partial charge on any atom is 0.123 e. The van der Waals surface area contributed by atoms with Gasteiger partial charge in [0.15, 0.2) is 0 Å². The summed E-state index contributed by atoms with van der Waals surface area (Å²) in [5.41, 5.74) is 3.16. The first kappa shape index (κ1) is 15.3. The van der Waals surface area contributed by atoms with Crippen LogP contribution in [0.2, 0.25) is 10.0 Å². The van der Waals surface area contributed by atoms with Crippen molar-refractivity contribution in [2.45, 2.75) is 19.9 Å². The lowest BCUT2D eigenvalue weighted by Gasteiger charge is -2.09. The van der Waals surface area contributed by atoms with Gasteiger partial charge in [-0.2, -0.15) is 0 Å². The van der Waals surface area contributed by atoms with Gasteiger partial charge in [0.1, 0.15) is 5.82 Å². The van der Waals surface area contributed by atoms with Crippen LogP contribution < -0.4 is 5.32 Å². The van der Waals surface area contributed by atoms with Crippen LogP contribution in [-0.4, -0.2) is 6.54 Å². The third-order valence-electron chi connectivity index (χ3n) is 3.21. The van der Waals surface area contributed by atoms with Gasteiger partial charge in [0.25, 0.3) is 0 Å². The topological polar surface area (TPSA) is 12.0 Å². The van der Waals surface area contributed by atoms with Crippen molar-refractivity contribution in [3.8, 4) is 0 Å². The maximum absolute atomic E-state index is 13.0. The Morgan fingerprint density at radius 2 is 1.80 bits per heavy atom. The third-order valence-corrected chi connectivity index (χ3v) is 3.79. The lowest BCUT2D eigenvalue weighted by atomic mass is 10.1. The summed E-state index contributed by atoms with van der Waals surface area (Å²) in [6, 6.07) is 10.4. The van der Waals surface area contributed by atoms with Crippen molar-refractivity contribution in [2.24, 2.45) is 0 Å². The molecule has 0 fully saturated rings. The van der Waals surface area contributed by atoms with Crippen molar-refractivity contribution in [3.05, 3.63) is 69.0 Å². The number of halogens is 3. The first-order chi connectivity index (χ1) is 9.56. The number of hydrogen-bond acceptors (Lipinski definition) is 1. The highest BCUT2D eigenvalue weighted by Crippen LogP contribution is 2.20. The fraction of sp³-hybridized carbons (Fsp3) is 0.250. The molecule has 0 spiro atoms. The molecule has 0 amide bonds. The Morgan fingerprint density at radius 3 is 2.50 bits per heavy atom. The van der Waals surface area contributed by atoms with E-state index < -0.39 is 0 Å². The fourth-order valence-corrected chi connectivity index (χ4v) is 2.53. The second-order valence-electron chi connectivity index (χ2n) is 4.73. The van der Waals surface area contributed by atoms with E-state index in [4.69, 9.17) is 23.2 Å². The normalized spacial score (nSPS) is 10.8. The monoisotopic (exact) mass is 311 g/mol. The van der Waals surface area contributed by atoms with Gasteiger partial charge in [0, 0.05) is 16.6 Å². The van der Waals surface area contributed by atoms with Crippen LogP contribution in [0.5, 0.6) is 0 Å². The fourth-order valence-electron chi connectivity index (χ4n) is 2.05. The first-order valence-corrected chi connectivity index (χ1v) is 7.21. The molecule has 2 aromatic carbocycles. The summed E-state index contributed by atoms with van der Waals surface area (Å²) >= 11 is 12.0. The third kappa shape index (κ3) is 4.20. The van der Waals surface area contributed by atoms with Crippen molar-refractivity contribution < 1.29 is 4.39 Å². The molecule has 0 bridgehead atoms. The van der Waals surface area contributed by atoms with Crippen LogP contribution in [0, 0.1) is 12.7 Å². The molecule has 2 rings (SSSR count). The zero-order chi connectivity index (χ0) is 14.5. The molecule has 1 nitrogen and oxygen atoms in total. The molecule has 0 saturated carbocycles. The van der Waals surface area contributed by atoms with E-state index in [-0.39, 0.29) is 5.82 Å². The zero-order valence-corrected chi connectivity index (χ0v) is 12.7. The van der Waals surface area contributed by atoms with E-state index in [0.29, 0.717) is 16.6 Å². The summed E-state index contributed by atoms with van der Waals surface area (Å²) in [5.74, 6) is -0.188. The zero-order valence-electron chi connectivity index (χ0n) is 11.2. The number of aryl methyl sites for hydroxylation is 1. The molecule has 0 unspecified atom stereocenters. The Morgan fingerprint density at radius 1 is 1.05 bits per heavy atom. The Hall–Kier alpha value is -1.09. The molecule has 2 aromatic rings. The van der Waals surface area contributed by atoms with E-state index in [1.807, 2.05) is 25.1 Å². The predicted molar refractivity (Wildman–Crippen MR) is 83.0 cm³/mol. The average molecular weight is 312 g/mol. The lowest BCUT2D eigenvalue weighted by molar-refractivity contribution is 0.624. The number of hydrogen-bond donors (Lipinski definition) is 1. The van der Waals surface area contributed by atoms with Crippen molar-refractivity contribution in [2.75, 3.05) is 6.54 Å². The lowest BCUT2D eigenvalue weighted by Crippen LogP contribution is -2.17. The van der Waals surface area contributed by atoms with E-state index in [0.717, 1.165) is 29.7 Å². The molecule has 20 heavy (non-hydrogen) atoms. The standard InChI is InChI=1S/C16H16Cl2FN/c1-11-8-15(19)5-3-12(11)6-7-20-10-13-2-4-14(17)9-16(13)18/h2-5,8-9,20H,6-7,10H2,1H3. The van der Waals surface area contributed by atoms with Gasteiger partial charge in [-0.15, -0.1) is 0 Å². The Bertz CT molecular complexity index is 546. The van der Waals surface area contributed by atoms with Gasteiger partial charge in [-0.05, 0) is 60.8 Å². The second kappa shape index (κ2) is 7.07. The number of rotatable bonds is 5. The molecule has 0 saturated heterocycles.